The quantitative estimate of drug-likeness (QED) is 0.538. The van der Waals surface area contributed by atoms with Crippen molar-refractivity contribution in [3.05, 3.63) is 67.8 Å². The fourth-order valence-corrected chi connectivity index (χ4v) is 2.25. The molecule has 0 saturated carbocycles. The Morgan fingerprint density at radius 2 is 2.00 bits per heavy atom. The van der Waals surface area contributed by atoms with Gasteiger partial charge in [0.05, 0.1) is 5.57 Å². The Kier molecular flexibility index (Phi) is 3.50. The molecule has 0 amide bonds. The van der Waals surface area contributed by atoms with E-state index in [1.807, 2.05) is 18.2 Å². The molecule has 5 heteroatoms. The van der Waals surface area contributed by atoms with Crippen LogP contribution in [0.2, 0.25) is 0 Å². The normalized spacial score (nSPS) is 22.5. The van der Waals surface area contributed by atoms with Crippen LogP contribution in [0.4, 0.5) is 0 Å². The number of hydrogen-bond acceptors (Lipinski definition) is 2. The average molecular weight is 270 g/mol. The van der Waals surface area contributed by atoms with Crippen molar-refractivity contribution >= 4 is 23.2 Å². The highest BCUT2D eigenvalue weighted by Crippen LogP contribution is 2.32. The van der Waals surface area contributed by atoms with Crippen LogP contribution in [0.15, 0.2) is 57.7 Å². The minimum absolute atomic E-state index is 0.0559. The highest BCUT2D eigenvalue weighted by atomic mass is 35.5. The molecule has 0 spiro atoms. The predicted octanol–water partition coefficient (Wildman–Crippen LogP) is 3.70. The fraction of sp³-hybridized carbons (Fsp3) is 0.167. The Morgan fingerprint density at radius 3 is 2.65 bits per heavy atom. The summed E-state index contributed by atoms with van der Waals surface area (Å²) >= 11 is 11.4. The topological polar surface area (TPSA) is 43.1 Å². The third-order valence-electron chi connectivity index (χ3n) is 2.69. The lowest BCUT2D eigenvalue weighted by Gasteiger charge is -2.11. The van der Waals surface area contributed by atoms with E-state index in [1.54, 1.807) is 18.2 Å². The molecule has 0 heterocycles. The van der Waals surface area contributed by atoms with Crippen LogP contribution in [-0.2, 0) is 0 Å². The minimum atomic E-state index is -0.968. The second kappa shape index (κ2) is 4.90. The van der Waals surface area contributed by atoms with Crippen molar-refractivity contribution in [2.75, 3.05) is 0 Å². The van der Waals surface area contributed by atoms with E-state index in [-0.39, 0.29) is 9.41 Å². The second-order valence-electron chi connectivity index (χ2n) is 3.78. The Hall–Kier alpha value is -1.32. The lowest BCUT2D eigenvalue weighted by atomic mass is 9.98. The summed E-state index contributed by atoms with van der Waals surface area (Å²) < 4.78 is -0.0559. The molecular weight excluding hydrogens is 261 g/mol. The number of hydrogen-bond donors (Lipinski definition) is 0. The molecule has 1 unspecified atom stereocenters. The first-order chi connectivity index (χ1) is 8.09. The van der Waals surface area contributed by atoms with Crippen LogP contribution in [0.1, 0.15) is 6.42 Å². The maximum Gasteiger partial charge on any atom is 0.262 e. The van der Waals surface area contributed by atoms with Gasteiger partial charge in [-0.15, -0.1) is 0 Å². The van der Waals surface area contributed by atoms with Crippen LogP contribution < -0.4 is 0 Å². The minimum Gasteiger partial charge on any atom is -0.264 e. The van der Waals surface area contributed by atoms with E-state index in [9.17, 15) is 10.1 Å². The second-order valence-corrected chi connectivity index (χ2v) is 4.73. The number of halogens is 2. The van der Waals surface area contributed by atoms with Gasteiger partial charge in [-0.25, -0.2) is 0 Å². The molecule has 1 atom stereocenters. The SMILES string of the molecule is O=[N+]([O-])C1C2=CC=CC=C(C=CC1=C(Cl)Cl)C2. The van der Waals surface area contributed by atoms with Gasteiger partial charge in [-0.05, 0) is 11.6 Å². The van der Waals surface area contributed by atoms with Crippen LogP contribution >= 0.6 is 23.2 Å². The number of allylic oxidation sites excluding steroid dienone is 6. The third kappa shape index (κ3) is 2.51. The first-order valence-electron chi connectivity index (χ1n) is 5.02. The summed E-state index contributed by atoms with van der Waals surface area (Å²) in [7, 11) is 0. The number of nitro groups is 1. The summed E-state index contributed by atoms with van der Waals surface area (Å²) in [6, 6.07) is -0.968. The summed E-state index contributed by atoms with van der Waals surface area (Å²) in [6.45, 7) is 0. The number of nitrogens with zero attached hydrogens (tertiary/aromatic N) is 1. The molecule has 0 radical (unpaired) electrons. The van der Waals surface area contributed by atoms with E-state index in [2.05, 4.69) is 0 Å². The van der Waals surface area contributed by atoms with Gasteiger partial charge in [-0.3, -0.25) is 10.1 Å². The Labute approximate surface area is 109 Å². The zero-order valence-electron chi connectivity index (χ0n) is 8.77. The highest BCUT2D eigenvalue weighted by Gasteiger charge is 2.32. The van der Waals surface area contributed by atoms with Gasteiger partial charge in [0.15, 0.2) is 0 Å². The van der Waals surface area contributed by atoms with Crippen LogP contribution in [0, 0.1) is 10.1 Å². The van der Waals surface area contributed by atoms with E-state index in [0.29, 0.717) is 17.6 Å². The molecule has 88 valence electrons. The first kappa shape index (κ1) is 12.1. The molecule has 0 aromatic rings. The number of fused-ring (bicyclic) bond motifs is 2. The lowest BCUT2D eigenvalue weighted by molar-refractivity contribution is -0.501. The Balaban J connectivity index is 2.59. The van der Waals surface area contributed by atoms with Crippen molar-refractivity contribution in [2.24, 2.45) is 0 Å². The van der Waals surface area contributed by atoms with Crippen molar-refractivity contribution in [3.63, 3.8) is 0 Å². The Bertz CT molecular complexity index is 509. The average Bonchev–Trinajstić information content (AvgIpc) is 2.58. The molecule has 2 rings (SSSR count). The molecule has 2 bridgehead atoms. The molecule has 0 aromatic carbocycles. The highest BCUT2D eigenvalue weighted by molar-refractivity contribution is 6.56. The van der Waals surface area contributed by atoms with Crippen LogP contribution in [0.25, 0.3) is 0 Å². The summed E-state index contributed by atoms with van der Waals surface area (Å²) in [5.41, 5.74) is 2.03. The van der Waals surface area contributed by atoms with Gasteiger partial charge < -0.3 is 0 Å². The first-order valence-corrected chi connectivity index (χ1v) is 5.78. The van der Waals surface area contributed by atoms with E-state index < -0.39 is 6.04 Å². The van der Waals surface area contributed by atoms with Gasteiger partial charge in [0.1, 0.15) is 4.49 Å². The van der Waals surface area contributed by atoms with Crippen molar-refractivity contribution in [2.45, 2.75) is 12.5 Å². The lowest BCUT2D eigenvalue weighted by Crippen LogP contribution is -2.23. The molecule has 0 N–H and O–H groups in total. The molecular formula is C12H9Cl2NO2. The van der Waals surface area contributed by atoms with Gasteiger partial charge >= 0.3 is 0 Å². The van der Waals surface area contributed by atoms with E-state index in [1.165, 1.54) is 0 Å². The van der Waals surface area contributed by atoms with Gasteiger partial charge in [0, 0.05) is 16.9 Å². The smallest absolute Gasteiger partial charge is 0.262 e. The molecule has 3 nitrogen and oxygen atoms in total. The van der Waals surface area contributed by atoms with Crippen LogP contribution in [0.3, 0.4) is 0 Å². The maximum atomic E-state index is 11.2. The fourth-order valence-electron chi connectivity index (χ4n) is 1.92. The van der Waals surface area contributed by atoms with Crippen molar-refractivity contribution in [1.82, 2.24) is 0 Å². The monoisotopic (exact) mass is 269 g/mol. The van der Waals surface area contributed by atoms with Gasteiger partial charge in [0.2, 0.25) is 0 Å². The molecule has 2 aliphatic carbocycles. The van der Waals surface area contributed by atoms with E-state index in [4.69, 9.17) is 23.2 Å². The van der Waals surface area contributed by atoms with E-state index in [0.717, 1.165) is 5.57 Å². The largest absolute Gasteiger partial charge is 0.264 e. The molecule has 0 saturated heterocycles. The van der Waals surface area contributed by atoms with Crippen molar-refractivity contribution < 1.29 is 4.92 Å². The summed E-state index contributed by atoms with van der Waals surface area (Å²) in [6.07, 6.45) is 11.3. The summed E-state index contributed by atoms with van der Waals surface area (Å²) in [4.78, 5) is 10.8. The predicted molar refractivity (Wildman–Crippen MR) is 68.6 cm³/mol. The van der Waals surface area contributed by atoms with Gasteiger partial charge in [-0.1, -0.05) is 53.6 Å². The van der Waals surface area contributed by atoms with Crippen LogP contribution in [0.5, 0.6) is 0 Å². The summed E-state index contributed by atoms with van der Waals surface area (Å²) in [5.74, 6) is 0. The van der Waals surface area contributed by atoms with Crippen molar-refractivity contribution in [3.8, 4) is 0 Å². The zero-order chi connectivity index (χ0) is 12.4. The van der Waals surface area contributed by atoms with Crippen molar-refractivity contribution in [1.29, 1.82) is 0 Å². The molecule has 0 fully saturated rings. The van der Waals surface area contributed by atoms with Gasteiger partial charge in [-0.2, -0.15) is 0 Å². The zero-order valence-corrected chi connectivity index (χ0v) is 10.3. The molecule has 0 aliphatic heterocycles. The van der Waals surface area contributed by atoms with E-state index >= 15 is 0 Å². The molecule has 0 aromatic heterocycles. The van der Waals surface area contributed by atoms with Crippen LogP contribution in [-0.4, -0.2) is 11.0 Å². The standard InChI is InChI=1S/C12H9Cl2NO2/c13-12(14)10-6-5-8-3-1-2-4-9(7-8)11(10)15(16)17/h1-6,11H,7H2. The third-order valence-corrected chi connectivity index (χ3v) is 3.13. The maximum absolute atomic E-state index is 11.2. The Morgan fingerprint density at radius 1 is 1.29 bits per heavy atom. The number of rotatable bonds is 1. The molecule has 2 aliphatic rings. The molecule has 17 heavy (non-hydrogen) atoms. The summed E-state index contributed by atoms with van der Waals surface area (Å²) in [5, 5.41) is 11.2. The van der Waals surface area contributed by atoms with Gasteiger partial charge in [0.25, 0.3) is 6.04 Å².